The molecule has 0 spiro atoms. The lowest BCUT2D eigenvalue weighted by Gasteiger charge is -2.27. The molecule has 3 heteroatoms. The van der Waals surface area contributed by atoms with Crippen LogP contribution in [0.2, 0.25) is 0 Å². The summed E-state index contributed by atoms with van der Waals surface area (Å²) in [6.45, 7) is 4.71. The van der Waals surface area contributed by atoms with Crippen LogP contribution in [0.15, 0.2) is 97.1 Å². The van der Waals surface area contributed by atoms with E-state index in [1.807, 2.05) is 24.3 Å². The normalized spacial score (nSPS) is 15.3. The summed E-state index contributed by atoms with van der Waals surface area (Å²) < 4.78 is 0. The largest absolute Gasteiger partial charge is 0.508 e. The molecule has 2 N–H and O–H groups in total. The van der Waals surface area contributed by atoms with Crippen molar-refractivity contribution in [1.82, 2.24) is 0 Å². The molecule has 0 saturated carbocycles. The van der Waals surface area contributed by atoms with Crippen molar-refractivity contribution in [3.05, 3.63) is 125 Å². The molecule has 0 radical (unpaired) electrons. The van der Waals surface area contributed by atoms with E-state index in [4.69, 9.17) is 0 Å². The van der Waals surface area contributed by atoms with Crippen LogP contribution in [0.5, 0.6) is 11.5 Å². The molecule has 1 atom stereocenters. The topological polar surface area (TPSA) is 43.7 Å². The number of phenolic OH excluding ortho intramolecular Hbond substituents is 2. The van der Waals surface area contributed by atoms with E-state index in [1.54, 1.807) is 41.0 Å². The number of hydrogen-bond acceptors (Lipinski definition) is 3. The van der Waals surface area contributed by atoms with E-state index in [0.717, 1.165) is 17.1 Å². The number of nitrogens with zero attached hydrogens (tertiary/aromatic N) is 1. The zero-order valence-corrected chi connectivity index (χ0v) is 24.3. The van der Waals surface area contributed by atoms with Gasteiger partial charge in [0.25, 0.3) is 0 Å². The molecule has 6 aromatic rings. The van der Waals surface area contributed by atoms with Crippen LogP contribution in [0.1, 0.15) is 46.6 Å². The van der Waals surface area contributed by atoms with Gasteiger partial charge < -0.3 is 15.1 Å². The zero-order chi connectivity index (χ0) is 29.0. The quantitative estimate of drug-likeness (QED) is 0.227. The van der Waals surface area contributed by atoms with Crippen molar-refractivity contribution in [2.24, 2.45) is 0 Å². The number of aromatic hydroxyl groups is 2. The van der Waals surface area contributed by atoms with Crippen molar-refractivity contribution in [2.75, 3.05) is 4.90 Å². The molecule has 0 aliphatic heterocycles. The van der Waals surface area contributed by atoms with Crippen LogP contribution in [-0.4, -0.2) is 10.2 Å². The van der Waals surface area contributed by atoms with Crippen molar-refractivity contribution < 1.29 is 10.2 Å². The number of phenols is 2. The predicted octanol–water partition coefficient (Wildman–Crippen LogP) is 10.4. The zero-order valence-electron chi connectivity index (χ0n) is 24.3. The SMILES string of the molecule is Cc1c2c(c(C)c3c1-c1cccc4c1C3CCC4)-c1cccc3c(N(c4ccc(O)cc4)c4ccc(O)cc4)ccc-2c13. The second-order valence-corrected chi connectivity index (χ2v) is 12.3. The standard InChI is InChI=1S/C40H31NO2/c1-22-35-30-9-3-6-24-7-4-10-31(39(24)30)36(35)23(2)38-33-20-21-34(29-8-5-11-32(37(22)38)40(29)33)41(25-12-16-27(42)17-13-25)26-14-18-28(43)19-15-26/h4-5,7-8,10-21,30,42-43H,3,6,9H2,1-2H3. The molecular weight excluding hydrogens is 526 g/mol. The molecule has 9 rings (SSSR count). The first-order valence-electron chi connectivity index (χ1n) is 15.2. The Labute approximate surface area is 251 Å². The highest BCUT2D eigenvalue weighted by atomic mass is 16.3. The first kappa shape index (κ1) is 24.6. The molecule has 43 heavy (non-hydrogen) atoms. The second-order valence-electron chi connectivity index (χ2n) is 12.3. The van der Waals surface area contributed by atoms with Gasteiger partial charge in [-0.3, -0.25) is 0 Å². The molecule has 208 valence electrons. The van der Waals surface area contributed by atoms with Gasteiger partial charge in [0.15, 0.2) is 0 Å². The van der Waals surface area contributed by atoms with E-state index >= 15 is 0 Å². The molecule has 6 aromatic carbocycles. The summed E-state index contributed by atoms with van der Waals surface area (Å²) in [5.41, 5.74) is 18.8. The van der Waals surface area contributed by atoms with Gasteiger partial charge in [0.05, 0.1) is 5.69 Å². The fourth-order valence-electron chi connectivity index (χ4n) is 8.50. The van der Waals surface area contributed by atoms with Gasteiger partial charge >= 0.3 is 0 Å². The molecule has 0 fully saturated rings. The van der Waals surface area contributed by atoms with Crippen LogP contribution in [0, 0.1) is 13.8 Å². The minimum atomic E-state index is 0.232. The van der Waals surface area contributed by atoms with Crippen molar-refractivity contribution in [2.45, 2.75) is 39.0 Å². The van der Waals surface area contributed by atoms with E-state index in [2.05, 4.69) is 67.3 Å². The molecule has 0 amide bonds. The monoisotopic (exact) mass is 557 g/mol. The minimum absolute atomic E-state index is 0.232. The van der Waals surface area contributed by atoms with Gasteiger partial charge in [0.1, 0.15) is 11.5 Å². The van der Waals surface area contributed by atoms with Gasteiger partial charge in [-0.15, -0.1) is 0 Å². The lowest BCUT2D eigenvalue weighted by atomic mass is 9.79. The molecule has 0 aromatic heterocycles. The van der Waals surface area contributed by atoms with Crippen LogP contribution in [0.25, 0.3) is 44.2 Å². The first-order valence-corrected chi connectivity index (χ1v) is 15.2. The Morgan fingerprint density at radius 3 is 1.95 bits per heavy atom. The summed E-state index contributed by atoms with van der Waals surface area (Å²) in [5.74, 6) is 0.962. The summed E-state index contributed by atoms with van der Waals surface area (Å²) in [7, 11) is 0. The predicted molar refractivity (Wildman–Crippen MR) is 176 cm³/mol. The Morgan fingerprint density at radius 2 is 1.23 bits per heavy atom. The van der Waals surface area contributed by atoms with Crippen molar-refractivity contribution in [3.63, 3.8) is 0 Å². The van der Waals surface area contributed by atoms with Crippen molar-refractivity contribution >= 4 is 27.8 Å². The molecule has 0 heterocycles. The van der Waals surface area contributed by atoms with Crippen molar-refractivity contribution in [1.29, 1.82) is 0 Å². The van der Waals surface area contributed by atoms with E-state index in [9.17, 15) is 10.2 Å². The summed E-state index contributed by atoms with van der Waals surface area (Å²) in [6.07, 6.45) is 3.67. The highest BCUT2D eigenvalue weighted by Gasteiger charge is 2.39. The Morgan fingerprint density at radius 1 is 0.605 bits per heavy atom. The van der Waals surface area contributed by atoms with Crippen LogP contribution < -0.4 is 4.90 Å². The average molecular weight is 558 g/mol. The van der Waals surface area contributed by atoms with Crippen LogP contribution in [-0.2, 0) is 6.42 Å². The van der Waals surface area contributed by atoms with Gasteiger partial charge in [-0.1, -0.05) is 42.5 Å². The highest BCUT2D eigenvalue weighted by Crippen LogP contribution is 2.60. The summed E-state index contributed by atoms with van der Waals surface area (Å²) in [5, 5.41) is 22.6. The van der Waals surface area contributed by atoms with E-state index in [-0.39, 0.29) is 11.5 Å². The Balaban J connectivity index is 1.31. The molecule has 3 aliphatic carbocycles. The highest BCUT2D eigenvalue weighted by molar-refractivity contribution is 6.21. The minimum Gasteiger partial charge on any atom is -0.508 e. The fraction of sp³-hybridized carbons (Fsp3) is 0.150. The van der Waals surface area contributed by atoms with E-state index in [1.165, 1.54) is 74.5 Å². The maximum atomic E-state index is 10.1. The summed E-state index contributed by atoms with van der Waals surface area (Å²) in [4.78, 5) is 2.21. The third-order valence-corrected chi connectivity index (χ3v) is 10.2. The van der Waals surface area contributed by atoms with Gasteiger partial charge in [0, 0.05) is 22.7 Å². The Bertz CT molecular complexity index is 2100. The van der Waals surface area contributed by atoms with E-state index < -0.39 is 0 Å². The van der Waals surface area contributed by atoms with Crippen LogP contribution in [0.4, 0.5) is 17.1 Å². The fourth-order valence-corrected chi connectivity index (χ4v) is 8.50. The van der Waals surface area contributed by atoms with E-state index in [0.29, 0.717) is 5.92 Å². The number of benzene rings is 6. The molecular formula is C40H31NO2. The molecule has 0 bridgehead atoms. The number of fused-ring (bicyclic) bond motifs is 6. The summed E-state index contributed by atoms with van der Waals surface area (Å²) in [6, 6.07) is 32.9. The van der Waals surface area contributed by atoms with Gasteiger partial charge in [-0.05, 0) is 154 Å². The van der Waals surface area contributed by atoms with Crippen LogP contribution >= 0.6 is 0 Å². The number of aryl methyl sites for hydroxylation is 1. The Hall–Kier alpha value is -5.02. The molecule has 1 unspecified atom stereocenters. The number of rotatable bonds is 3. The smallest absolute Gasteiger partial charge is 0.115 e. The third kappa shape index (κ3) is 3.25. The Kier molecular flexibility index (Phi) is 5.00. The lowest BCUT2D eigenvalue weighted by molar-refractivity contribution is 0.475. The third-order valence-electron chi connectivity index (χ3n) is 10.2. The maximum Gasteiger partial charge on any atom is 0.115 e. The van der Waals surface area contributed by atoms with Crippen LogP contribution in [0.3, 0.4) is 0 Å². The lowest BCUT2D eigenvalue weighted by Crippen LogP contribution is -2.10. The first-order chi connectivity index (χ1) is 21.0. The number of hydrogen-bond donors (Lipinski definition) is 2. The average Bonchev–Trinajstić information content (AvgIpc) is 3.55. The van der Waals surface area contributed by atoms with Gasteiger partial charge in [0.2, 0.25) is 0 Å². The maximum absolute atomic E-state index is 10.1. The van der Waals surface area contributed by atoms with Gasteiger partial charge in [-0.2, -0.15) is 0 Å². The molecule has 0 saturated heterocycles. The second kappa shape index (κ2) is 8.75. The molecule has 3 nitrogen and oxygen atoms in total. The number of anilines is 3. The molecule has 3 aliphatic rings. The van der Waals surface area contributed by atoms with Crippen molar-refractivity contribution in [3.8, 4) is 44.9 Å². The summed E-state index contributed by atoms with van der Waals surface area (Å²) >= 11 is 0. The van der Waals surface area contributed by atoms with Gasteiger partial charge in [-0.25, -0.2) is 0 Å².